The molecule has 1 saturated carbocycles. The van der Waals surface area contributed by atoms with Gasteiger partial charge >= 0.3 is 5.97 Å². The molecule has 0 amide bonds. The SMILES string of the molecule is O=C(OC(F)c1ccccn1)C1CC1. The number of rotatable bonds is 3. The smallest absolute Gasteiger partial charge is 0.311 e. The molecular formula is C10H10FNO2. The summed E-state index contributed by atoms with van der Waals surface area (Å²) in [6.07, 6.45) is 1.36. The van der Waals surface area contributed by atoms with Crippen molar-refractivity contribution in [3.05, 3.63) is 30.1 Å². The van der Waals surface area contributed by atoms with Gasteiger partial charge in [0.1, 0.15) is 5.69 Å². The molecule has 0 saturated heterocycles. The predicted molar refractivity (Wildman–Crippen MR) is 46.9 cm³/mol. The van der Waals surface area contributed by atoms with Crippen molar-refractivity contribution in [3.63, 3.8) is 0 Å². The molecule has 1 aliphatic rings. The second-order valence-corrected chi connectivity index (χ2v) is 3.28. The van der Waals surface area contributed by atoms with Gasteiger partial charge in [-0.15, -0.1) is 0 Å². The van der Waals surface area contributed by atoms with Gasteiger partial charge in [-0.2, -0.15) is 4.39 Å². The number of ether oxygens (including phenoxy) is 1. The van der Waals surface area contributed by atoms with E-state index in [0.717, 1.165) is 12.8 Å². The lowest BCUT2D eigenvalue weighted by atomic mass is 10.3. The first-order valence-corrected chi connectivity index (χ1v) is 4.53. The van der Waals surface area contributed by atoms with Crippen LogP contribution >= 0.6 is 0 Å². The van der Waals surface area contributed by atoms with Crippen LogP contribution in [0.3, 0.4) is 0 Å². The Morgan fingerprint density at radius 1 is 1.57 bits per heavy atom. The van der Waals surface area contributed by atoms with Crippen LogP contribution in [0.5, 0.6) is 0 Å². The van der Waals surface area contributed by atoms with Crippen LogP contribution in [0, 0.1) is 5.92 Å². The molecule has 0 N–H and O–H groups in total. The van der Waals surface area contributed by atoms with Crippen LogP contribution in [0.1, 0.15) is 24.9 Å². The molecule has 2 rings (SSSR count). The molecule has 3 nitrogen and oxygen atoms in total. The van der Waals surface area contributed by atoms with E-state index >= 15 is 0 Å². The number of aromatic nitrogens is 1. The quantitative estimate of drug-likeness (QED) is 0.692. The number of halogens is 1. The minimum Gasteiger partial charge on any atom is -0.425 e. The summed E-state index contributed by atoms with van der Waals surface area (Å²) in [5.74, 6) is -0.542. The average Bonchev–Trinajstić information content (AvgIpc) is 3.02. The molecule has 0 spiro atoms. The molecule has 0 radical (unpaired) electrons. The molecule has 4 heteroatoms. The number of hydrogen-bond donors (Lipinski definition) is 0. The Labute approximate surface area is 80.9 Å². The Morgan fingerprint density at radius 2 is 2.36 bits per heavy atom. The van der Waals surface area contributed by atoms with Crippen molar-refractivity contribution in [1.29, 1.82) is 0 Å². The highest BCUT2D eigenvalue weighted by Gasteiger charge is 2.33. The highest BCUT2D eigenvalue weighted by molar-refractivity contribution is 5.75. The van der Waals surface area contributed by atoms with E-state index in [2.05, 4.69) is 9.72 Å². The summed E-state index contributed by atoms with van der Waals surface area (Å²) in [7, 11) is 0. The minimum atomic E-state index is -1.73. The van der Waals surface area contributed by atoms with Gasteiger partial charge in [0.25, 0.3) is 6.36 Å². The zero-order valence-corrected chi connectivity index (χ0v) is 7.52. The van der Waals surface area contributed by atoms with E-state index in [1.807, 2.05) is 0 Å². The standard InChI is InChI=1S/C10H10FNO2/c11-9(8-3-1-2-6-12-8)14-10(13)7-4-5-7/h1-3,6-7,9H,4-5H2. The summed E-state index contributed by atoms with van der Waals surface area (Å²) in [6, 6.07) is 4.82. The second-order valence-electron chi connectivity index (χ2n) is 3.28. The van der Waals surface area contributed by atoms with Gasteiger partial charge in [0, 0.05) is 6.20 Å². The lowest BCUT2D eigenvalue weighted by molar-refractivity contribution is -0.160. The van der Waals surface area contributed by atoms with Crippen LogP contribution in [0.2, 0.25) is 0 Å². The molecular weight excluding hydrogens is 185 g/mol. The molecule has 1 unspecified atom stereocenters. The van der Waals surface area contributed by atoms with Crippen LogP contribution in [0.25, 0.3) is 0 Å². The largest absolute Gasteiger partial charge is 0.425 e. The van der Waals surface area contributed by atoms with Crippen LogP contribution in [0.15, 0.2) is 24.4 Å². The van der Waals surface area contributed by atoms with Gasteiger partial charge in [0.05, 0.1) is 5.92 Å². The van der Waals surface area contributed by atoms with E-state index in [-0.39, 0.29) is 11.6 Å². The molecule has 0 bridgehead atoms. The Morgan fingerprint density at radius 3 is 2.93 bits per heavy atom. The zero-order chi connectivity index (χ0) is 9.97. The van der Waals surface area contributed by atoms with Gasteiger partial charge in [-0.3, -0.25) is 9.78 Å². The zero-order valence-electron chi connectivity index (χ0n) is 7.52. The first-order valence-electron chi connectivity index (χ1n) is 4.53. The molecule has 74 valence electrons. The fourth-order valence-electron chi connectivity index (χ4n) is 1.09. The second kappa shape index (κ2) is 3.74. The third-order valence-electron chi connectivity index (χ3n) is 2.05. The highest BCUT2D eigenvalue weighted by Crippen LogP contribution is 2.32. The first-order chi connectivity index (χ1) is 6.77. The van der Waals surface area contributed by atoms with E-state index in [9.17, 15) is 9.18 Å². The van der Waals surface area contributed by atoms with Crippen LogP contribution in [-0.4, -0.2) is 11.0 Å². The number of carbonyl (C=O) groups is 1. The number of alkyl halides is 1. The van der Waals surface area contributed by atoms with E-state index in [1.54, 1.807) is 12.1 Å². The van der Waals surface area contributed by atoms with Crippen molar-refractivity contribution in [1.82, 2.24) is 4.98 Å². The van der Waals surface area contributed by atoms with E-state index < -0.39 is 12.3 Å². The number of nitrogens with zero attached hydrogens (tertiary/aromatic N) is 1. The summed E-state index contributed by atoms with van der Waals surface area (Å²) < 4.78 is 17.9. The number of hydrogen-bond acceptors (Lipinski definition) is 3. The number of esters is 1. The van der Waals surface area contributed by atoms with Crippen molar-refractivity contribution in [2.75, 3.05) is 0 Å². The van der Waals surface area contributed by atoms with Gasteiger partial charge < -0.3 is 4.74 Å². The molecule has 0 aromatic carbocycles. The lowest BCUT2D eigenvalue weighted by Gasteiger charge is -2.08. The minimum absolute atomic E-state index is 0.0861. The molecule has 14 heavy (non-hydrogen) atoms. The topological polar surface area (TPSA) is 39.2 Å². The third kappa shape index (κ3) is 2.07. The molecule has 1 heterocycles. The molecule has 1 aliphatic carbocycles. The summed E-state index contributed by atoms with van der Waals surface area (Å²) in [4.78, 5) is 14.9. The average molecular weight is 195 g/mol. The van der Waals surface area contributed by atoms with Gasteiger partial charge in [0.15, 0.2) is 0 Å². The van der Waals surface area contributed by atoms with Crippen LogP contribution in [-0.2, 0) is 9.53 Å². The van der Waals surface area contributed by atoms with Crippen LogP contribution < -0.4 is 0 Å². The maximum atomic E-state index is 13.3. The molecule has 1 aromatic heterocycles. The fraction of sp³-hybridized carbons (Fsp3) is 0.400. The highest BCUT2D eigenvalue weighted by atomic mass is 19.1. The molecule has 1 fully saturated rings. The van der Waals surface area contributed by atoms with Gasteiger partial charge in [-0.25, -0.2) is 0 Å². The summed E-state index contributed by atoms with van der Waals surface area (Å²) in [6.45, 7) is 0. The normalized spacial score (nSPS) is 17.5. The Bertz CT molecular complexity index is 324. The number of pyridine rings is 1. The van der Waals surface area contributed by atoms with Crippen LogP contribution in [0.4, 0.5) is 4.39 Å². The van der Waals surface area contributed by atoms with Crippen molar-refractivity contribution in [2.24, 2.45) is 5.92 Å². The maximum absolute atomic E-state index is 13.3. The molecule has 0 aliphatic heterocycles. The summed E-state index contributed by atoms with van der Waals surface area (Å²) in [5.41, 5.74) is 0.140. The fourth-order valence-corrected chi connectivity index (χ4v) is 1.09. The van der Waals surface area contributed by atoms with E-state index in [0.29, 0.717) is 0 Å². The van der Waals surface area contributed by atoms with Crippen molar-refractivity contribution in [2.45, 2.75) is 19.2 Å². The van der Waals surface area contributed by atoms with Gasteiger partial charge in [-0.05, 0) is 25.0 Å². The first kappa shape index (κ1) is 9.12. The third-order valence-corrected chi connectivity index (χ3v) is 2.05. The van der Waals surface area contributed by atoms with E-state index in [4.69, 9.17) is 0 Å². The monoisotopic (exact) mass is 195 g/mol. The molecule has 1 aromatic rings. The van der Waals surface area contributed by atoms with Gasteiger partial charge in [0.2, 0.25) is 0 Å². The van der Waals surface area contributed by atoms with Crippen molar-refractivity contribution in [3.8, 4) is 0 Å². The lowest BCUT2D eigenvalue weighted by Crippen LogP contribution is -2.10. The van der Waals surface area contributed by atoms with Crippen molar-refractivity contribution >= 4 is 5.97 Å². The van der Waals surface area contributed by atoms with Crippen molar-refractivity contribution < 1.29 is 13.9 Å². The van der Waals surface area contributed by atoms with E-state index in [1.165, 1.54) is 12.3 Å². The Kier molecular flexibility index (Phi) is 2.43. The summed E-state index contributed by atoms with van der Waals surface area (Å²) >= 11 is 0. The van der Waals surface area contributed by atoms with Gasteiger partial charge in [-0.1, -0.05) is 6.07 Å². The summed E-state index contributed by atoms with van der Waals surface area (Å²) in [5, 5.41) is 0. The maximum Gasteiger partial charge on any atom is 0.311 e. The Hall–Kier alpha value is -1.45. The number of carbonyl (C=O) groups excluding carboxylic acids is 1. The molecule has 1 atom stereocenters. The Balaban J connectivity index is 1.95. The predicted octanol–water partition coefficient (Wildman–Crippen LogP) is 2.00.